The maximum atomic E-state index is 13.4. The highest BCUT2D eigenvalue weighted by molar-refractivity contribution is 8.16. The fraction of sp³-hybridized carbons (Fsp3) is 0.345. The SMILES string of the molecule is CCNC(=O)CC1=CSC2=NC(C)=C(C(=O)OC(C)C)[C@H](c3ccc(OCc4ccccc4)c(OC)c3)N12. The fourth-order valence-electron chi connectivity index (χ4n) is 4.36. The van der Waals surface area contributed by atoms with Crippen LogP contribution in [0.2, 0.25) is 0 Å². The standard InChI is InChI=1S/C29H33N3O5S/c1-6-30-25(33)15-22-17-38-29-31-19(4)26(28(34)37-18(2)3)27(32(22)29)21-12-13-23(24(14-21)35-5)36-16-20-10-8-7-9-11-20/h7-14,17-18,27H,6,15-16H2,1-5H3,(H,30,33)/t27-/m0/s1. The Morgan fingerprint density at radius 2 is 1.89 bits per heavy atom. The molecule has 1 N–H and O–H groups in total. The summed E-state index contributed by atoms with van der Waals surface area (Å²) in [6.07, 6.45) is -0.132. The maximum Gasteiger partial charge on any atom is 0.338 e. The van der Waals surface area contributed by atoms with Crippen LogP contribution in [0.5, 0.6) is 11.5 Å². The third-order valence-corrected chi connectivity index (χ3v) is 6.91. The first-order chi connectivity index (χ1) is 18.3. The van der Waals surface area contributed by atoms with Crippen LogP contribution in [0.3, 0.4) is 0 Å². The van der Waals surface area contributed by atoms with Crippen molar-refractivity contribution >= 4 is 28.8 Å². The number of methoxy groups -OCH3 is 1. The normalized spacial score (nSPS) is 16.6. The van der Waals surface area contributed by atoms with E-state index in [9.17, 15) is 9.59 Å². The van der Waals surface area contributed by atoms with Gasteiger partial charge in [-0.3, -0.25) is 4.79 Å². The van der Waals surface area contributed by atoms with Gasteiger partial charge in [0, 0.05) is 12.2 Å². The molecular weight excluding hydrogens is 502 g/mol. The van der Waals surface area contributed by atoms with E-state index < -0.39 is 12.0 Å². The van der Waals surface area contributed by atoms with Gasteiger partial charge in [0.2, 0.25) is 5.91 Å². The minimum absolute atomic E-state index is 0.0980. The number of thioether (sulfide) groups is 1. The first-order valence-electron chi connectivity index (χ1n) is 12.6. The van der Waals surface area contributed by atoms with E-state index in [0.717, 1.165) is 16.8 Å². The average molecular weight is 536 g/mol. The number of allylic oxidation sites excluding steroid dienone is 1. The van der Waals surface area contributed by atoms with Crippen molar-refractivity contribution in [1.82, 2.24) is 10.2 Å². The van der Waals surface area contributed by atoms with Crippen LogP contribution < -0.4 is 14.8 Å². The zero-order valence-electron chi connectivity index (χ0n) is 22.3. The molecule has 2 aromatic carbocycles. The summed E-state index contributed by atoms with van der Waals surface area (Å²) in [5.74, 6) is 0.589. The number of aliphatic imine (C=N–C) groups is 1. The van der Waals surface area contributed by atoms with E-state index >= 15 is 0 Å². The second kappa shape index (κ2) is 12.2. The fourth-order valence-corrected chi connectivity index (χ4v) is 5.32. The number of esters is 1. The van der Waals surface area contributed by atoms with E-state index in [0.29, 0.717) is 41.1 Å². The largest absolute Gasteiger partial charge is 0.493 e. The number of hydrogen-bond donors (Lipinski definition) is 1. The second-order valence-corrected chi connectivity index (χ2v) is 10.00. The Kier molecular flexibility index (Phi) is 8.78. The quantitative estimate of drug-likeness (QED) is 0.412. The summed E-state index contributed by atoms with van der Waals surface area (Å²) in [6.45, 7) is 8.25. The van der Waals surface area contributed by atoms with Crippen LogP contribution in [-0.2, 0) is 20.9 Å². The number of amides is 1. The predicted molar refractivity (Wildman–Crippen MR) is 149 cm³/mol. The van der Waals surface area contributed by atoms with Gasteiger partial charge in [-0.1, -0.05) is 48.2 Å². The van der Waals surface area contributed by atoms with Crippen LogP contribution in [-0.4, -0.2) is 41.7 Å². The molecule has 2 heterocycles. The zero-order valence-corrected chi connectivity index (χ0v) is 23.1. The Morgan fingerprint density at radius 1 is 1.13 bits per heavy atom. The number of carbonyl (C=O) groups excluding carboxylic acids is 2. The van der Waals surface area contributed by atoms with Crippen LogP contribution in [0.1, 0.15) is 51.3 Å². The Morgan fingerprint density at radius 3 is 2.58 bits per heavy atom. The van der Waals surface area contributed by atoms with Crippen molar-refractivity contribution in [3.8, 4) is 11.5 Å². The smallest absolute Gasteiger partial charge is 0.338 e. The molecule has 1 amide bonds. The highest BCUT2D eigenvalue weighted by Crippen LogP contribution is 2.46. The molecule has 0 bridgehead atoms. The molecule has 9 heteroatoms. The Balaban J connectivity index is 1.72. The molecule has 2 aliphatic heterocycles. The van der Waals surface area contributed by atoms with Gasteiger partial charge in [0.05, 0.1) is 36.9 Å². The number of nitrogens with zero attached hydrogens (tertiary/aromatic N) is 2. The first-order valence-corrected chi connectivity index (χ1v) is 13.5. The molecule has 0 fully saturated rings. The lowest BCUT2D eigenvalue weighted by Gasteiger charge is -2.36. The molecule has 1 atom stereocenters. The topological polar surface area (TPSA) is 89.5 Å². The van der Waals surface area contributed by atoms with Crippen molar-refractivity contribution in [2.45, 2.75) is 52.9 Å². The van der Waals surface area contributed by atoms with Crippen LogP contribution in [0.25, 0.3) is 0 Å². The molecule has 0 unspecified atom stereocenters. The van der Waals surface area contributed by atoms with E-state index in [-0.39, 0.29) is 18.4 Å². The number of benzene rings is 2. The number of hydrogen-bond acceptors (Lipinski definition) is 8. The molecule has 0 aliphatic carbocycles. The monoisotopic (exact) mass is 535 g/mol. The summed E-state index contributed by atoms with van der Waals surface area (Å²) in [5, 5.41) is 5.47. The van der Waals surface area contributed by atoms with Gasteiger partial charge in [0.1, 0.15) is 6.61 Å². The third-order valence-electron chi connectivity index (χ3n) is 6.02. The summed E-state index contributed by atoms with van der Waals surface area (Å²) < 4.78 is 17.4. The summed E-state index contributed by atoms with van der Waals surface area (Å²) in [4.78, 5) is 32.5. The molecule has 0 saturated carbocycles. The summed E-state index contributed by atoms with van der Waals surface area (Å²) in [7, 11) is 1.59. The minimum Gasteiger partial charge on any atom is -0.493 e. The second-order valence-electron chi connectivity index (χ2n) is 9.16. The van der Waals surface area contributed by atoms with Crippen molar-refractivity contribution in [2.75, 3.05) is 13.7 Å². The Labute approximate surface area is 227 Å². The van der Waals surface area contributed by atoms with Gasteiger partial charge in [-0.05, 0) is 56.4 Å². The van der Waals surface area contributed by atoms with Crippen molar-refractivity contribution in [2.24, 2.45) is 4.99 Å². The van der Waals surface area contributed by atoms with Crippen molar-refractivity contribution in [3.05, 3.63) is 82.0 Å². The lowest BCUT2D eigenvalue weighted by molar-refractivity contribution is -0.143. The number of fused-ring (bicyclic) bond motifs is 1. The highest BCUT2D eigenvalue weighted by Gasteiger charge is 2.41. The minimum atomic E-state index is -0.554. The van der Waals surface area contributed by atoms with E-state index in [1.165, 1.54) is 11.8 Å². The van der Waals surface area contributed by atoms with Crippen molar-refractivity contribution < 1.29 is 23.8 Å². The Hall–Kier alpha value is -3.72. The van der Waals surface area contributed by atoms with Gasteiger partial charge in [0.25, 0.3) is 0 Å². The highest BCUT2D eigenvalue weighted by atomic mass is 32.2. The molecule has 2 aromatic rings. The summed E-state index contributed by atoms with van der Waals surface area (Å²) in [5.41, 5.74) is 3.59. The predicted octanol–water partition coefficient (Wildman–Crippen LogP) is 5.33. The van der Waals surface area contributed by atoms with Gasteiger partial charge in [0.15, 0.2) is 16.7 Å². The molecule has 38 heavy (non-hydrogen) atoms. The molecule has 2 aliphatic rings. The van der Waals surface area contributed by atoms with E-state index in [1.807, 2.05) is 86.5 Å². The maximum absolute atomic E-state index is 13.4. The van der Waals surface area contributed by atoms with Crippen molar-refractivity contribution in [3.63, 3.8) is 0 Å². The number of amidine groups is 1. The average Bonchev–Trinajstić information content (AvgIpc) is 3.28. The van der Waals surface area contributed by atoms with Gasteiger partial charge in [-0.2, -0.15) is 0 Å². The summed E-state index contributed by atoms with van der Waals surface area (Å²) >= 11 is 1.43. The van der Waals surface area contributed by atoms with E-state index in [4.69, 9.17) is 19.2 Å². The molecule has 0 saturated heterocycles. The first kappa shape index (κ1) is 27.3. The molecule has 0 spiro atoms. The van der Waals surface area contributed by atoms with Gasteiger partial charge < -0.3 is 24.4 Å². The molecule has 0 radical (unpaired) electrons. The number of rotatable bonds is 10. The lowest BCUT2D eigenvalue weighted by Crippen LogP contribution is -2.38. The number of nitrogens with one attached hydrogen (secondary N) is 1. The van der Waals surface area contributed by atoms with Crippen LogP contribution in [0, 0.1) is 0 Å². The van der Waals surface area contributed by atoms with Gasteiger partial charge in [-0.15, -0.1) is 0 Å². The van der Waals surface area contributed by atoms with Crippen molar-refractivity contribution in [1.29, 1.82) is 0 Å². The lowest BCUT2D eigenvalue weighted by atomic mass is 9.93. The zero-order chi connectivity index (χ0) is 27.2. The molecule has 0 aromatic heterocycles. The van der Waals surface area contributed by atoms with Gasteiger partial charge in [-0.25, -0.2) is 9.79 Å². The molecule has 200 valence electrons. The van der Waals surface area contributed by atoms with Crippen LogP contribution in [0.4, 0.5) is 0 Å². The molecule has 8 nitrogen and oxygen atoms in total. The van der Waals surface area contributed by atoms with E-state index in [1.54, 1.807) is 7.11 Å². The molecular formula is C29H33N3O5S. The number of carbonyl (C=O) groups is 2. The van der Waals surface area contributed by atoms with Gasteiger partial charge >= 0.3 is 5.97 Å². The third kappa shape index (κ3) is 6.05. The number of ether oxygens (including phenoxy) is 3. The molecule has 4 rings (SSSR count). The Bertz CT molecular complexity index is 1290. The summed E-state index contributed by atoms with van der Waals surface area (Å²) in [6, 6.07) is 15.0. The van der Waals surface area contributed by atoms with Crippen LogP contribution in [0.15, 0.2) is 75.9 Å². The van der Waals surface area contributed by atoms with E-state index in [2.05, 4.69) is 5.32 Å². The van der Waals surface area contributed by atoms with Crippen LogP contribution >= 0.6 is 11.8 Å².